The lowest BCUT2D eigenvalue weighted by molar-refractivity contribution is 0.0946. The number of hydrogen-bond acceptors (Lipinski definition) is 5. The first-order valence-electron chi connectivity index (χ1n) is 9.40. The molecule has 0 spiro atoms. The molecule has 1 atom stereocenters. The van der Waals surface area contributed by atoms with Crippen LogP contribution < -0.4 is 26.3 Å². The van der Waals surface area contributed by atoms with Crippen LogP contribution >= 0.6 is 0 Å². The van der Waals surface area contributed by atoms with E-state index in [1.165, 1.54) is 0 Å². The molecule has 0 saturated carbocycles. The molecule has 0 saturated heterocycles. The number of carbonyl (C=O) groups excluding carboxylic acids is 1. The molecule has 1 aromatic heterocycles. The summed E-state index contributed by atoms with van der Waals surface area (Å²) in [6.45, 7) is 1.29. The monoisotopic (exact) mass is 380 g/mol. The number of rotatable bonds is 7. The molecular weight excluding hydrogens is 356 g/mol. The number of ether oxygens (including phenoxy) is 2. The van der Waals surface area contributed by atoms with Crippen molar-refractivity contribution < 1.29 is 14.3 Å². The zero-order valence-electron chi connectivity index (χ0n) is 15.5. The number of benzene rings is 2. The maximum Gasteiger partial charge on any atom is 0.267 e. The molecule has 7 heteroatoms. The molecule has 2 aromatic carbocycles. The number of nitrogens with one attached hydrogen (secondary N) is 2. The second-order valence-electron chi connectivity index (χ2n) is 6.95. The van der Waals surface area contributed by atoms with E-state index in [9.17, 15) is 4.79 Å². The first kappa shape index (κ1) is 18.3. The molecule has 1 aliphatic rings. The second kappa shape index (κ2) is 7.92. The number of amides is 1. The minimum Gasteiger partial charge on any atom is -0.454 e. The highest BCUT2D eigenvalue weighted by molar-refractivity contribution is 5.98. The number of carbonyl (C=O) groups is 1. The molecule has 2 heterocycles. The minimum absolute atomic E-state index is 0.0884. The van der Waals surface area contributed by atoms with Gasteiger partial charge in [-0.3, -0.25) is 4.79 Å². The van der Waals surface area contributed by atoms with Gasteiger partial charge in [0, 0.05) is 23.5 Å². The summed E-state index contributed by atoms with van der Waals surface area (Å²) in [5.74, 6) is 1.34. The Morgan fingerprint density at radius 3 is 2.75 bits per heavy atom. The molecule has 3 aromatic rings. The van der Waals surface area contributed by atoms with Crippen LogP contribution in [0.1, 0.15) is 23.3 Å². The largest absolute Gasteiger partial charge is 0.454 e. The zero-order chi connectivity index (χ0) is 19.5. The SMILES string of the molecule is NCCCC(N)CNC(=O)c1cc2ccc(-c3ccc4c(c3)OCO4)cc2[nH]1. The molecular formula is C21H24N4O3. The summed E-state index contributed by atoms with van der Waals surface area (Å²) in [7, 11) is 0. The molecule has 1 aliphatic heterocycles. The van der Waals surface area contributed by atoms with Gasteiger partial charge in [-0.2, -0.15) is 0 Å². The van der Waals surface area contributed by atoms with Gasteiger partial charge in [0.05, 0.1) is 0 Å². The van der Waals surface area contributed by atoms with Crippen LogP contribution in [0.3, 0.4) is 0 Å². The molecule has 146 valence electrons. The van der Waals surface area contributed by atoms with Crippen LogP contribution in [0.4, 0.5) is 0 Å². The Labute approximate surface area is 163 Å². The van der Waals surface area contributed by atoms with Crippen LogP contribution in [0.5, 0.6) is 11.5 Å². The first-order valence-corrected chi connectivity index (χ1v) is 9.40. The normalized spacial score (nSPS) is 13.6. The molecule has 7 nitrogen and oxygen atoms in total. The van der Waals surface area contributed by atoms with E-state index in [4.69, 9.17) is 20.9 Å². The van der Waals surface area contributed by atoms with Crippen molar-refractivity contribution in [3.63, 3.8) is 0 Å². The summed E-state index contributed by atoms with van der Waals surface area (Å²) in [6.07, 6.45) is 1.65. The molecule has 1 unspecified atom stereocenters. The van der Waals surface area contributed by atoms with Crippen molar-refractivity contribution in [2.45, 2.75) is 18.9 Å². The quantitative estimate of drug-likeness (QED) is 0.502. The van der Waals surface area contributed by atoms with E-state index in [0.717, 1.165) is 46.4 Å². The Morgan fingerprint density at radius 2 is 1.89 bits per heavy atom. The topological polar surface area (TPSA) is 115 Å². The minimum atomic E-state index is -0.163. The molecule has 28 heavy (non-hydrogen) atoms. The molecule has 6 N–H and O–H groups in total. The number of aromatic amines is 1. The van der Waals surface area contributed by atoms with E-state index in [1.807, 2.05) is 42.5 Å². The van der Waals surface area contributed by atoms with Gasteiger partial charge in [-0.1, -0.05) is 18.2 Å². The predicted octanol–water partition coefficient (Wildman–Crippen LogP) is 2.36. The zero-order valence-corrected chi connectivity index (χ0v) is 15.5. The fraction of sp³-hybridized carbons (Fsp3) is 0.286. The Morgan fingerprint density at radius 1 is 1.11 bits per heavy atom. The predicted molar refractivity (Wildman–Crippen MR) is 108 cm³/mol. The van der Waals surface area contributed by atoms with Crippen molar-refractivity contribution >= 4 is 16.8 Å². The molecule has 0 radical (unpaired) electrons. The van der Waals surface area contributed by atoms with Gasteiger partial charge in [0.1, 0.15) is 5.69 Å². The number of nitrogens with two attached hydrogens (primary N) is 2. The maximum absolute atomic E-state index is 12.4. The van der Waals surface area contributed by atoms with E-state index < -0.39 is 0 Å². The Bertz CT molecular complexity index is 998. The van der Waals surface area contributed by atoms with Crippen LogP contribution in [0.2, 0.25) is 0 Å². The van der Waals surface area contributed by atoms with Gasteiger partial charge < -0.3 is 31.2 Å². The van der Waals surface area contributed by atoms with Crippen LogP contribution in [0, 0.1) is 0 Å². The number of aromatic nitrogens is 1. The van der Waals surface area contributed by atoms with Crippen molar-refractivity contribution in [3.8, 4) is 22.6 Å². The van der Waals surface area contributed by atoms with Crippen LogP contribution in [-0.2, 0) is 0 Å². The summed E-state index contributed by atoms with van der Waals surface area (Å²) in [4.78, 5) is 15.6. The van der Waals surface area contributed by atoms with Crippen molar-refractivity contribution in [3.05, 3.63) is 48.2 Å². The van der Waals surface area contributed by atoms with Gasteiger partial charge in [0.25, 0.3) is 5.91 Å². The van der Waals surface area contributed by atoms with E-state index in [0.29, 0.717) is 18.8 Å². The highest BCUT2D eigenvalue weighted by Gasteiger charge is 2.15. The van der Waals surface area contributed by atoms with E-state index in [-0.39, 0.29) is 18.7 Å². The number of fused-ring (bicyclic) bond motifs is 2. The summed E-state index contributed by atoms with van der Waals surface area (Å²) in [6, 6.07) is 13.7. The van der Waals surface area contributed by atoms with Crippen LogP contribution in [0.25, 0.3) is 22.0 Å². The molecule has 4 rings (SSSR count). The third-order valence-corrected chi connectivity index (χ3v) is 4.88. The average Bonchev–Trinajstić information content (AvgIpc) is 3.35. The Kier molecular flexibility index (Phi) is 5.18. The van der Waals surface area contributed by atoms with Gasteiger partial charge in [0.15, 0.2) is 11.5 Å². The van der Waals surface area contributed by atoms with Crippen LogP contribution in [-0.4, -0.2) is 36.8 Å². The second-order valence-corrected chi connectivity index (χ2v) is 6.95. The Hall–Kier alpha value is -3.03. The summed E-state index contributed by atoms with van der Waals surface area (Å²) in [5.41, 5.74) is 14.9. The summed E-state index contributed by atoms with van der Waals surface area (Å²) in [5, 5.41) is 3.85. The highest BCUT2D eigenvalue weighted by Crippen LogP contribution is 2.36. The van der Waals surface area contributed by atoms with E-state index in [2.05, 4.69) is 10.3 Å². The first-order chi connectivity index (χ1) is 13.6. The van der Waals surface area contributed by atoms with Crippen LogP contribution in [0.15, 0.2) is 42.5 Å². The molecule has 0 fully saturated rings. The third kappa shape index (κ3) is 3.81. The summed E-state index contributed by atoms with van der Waals surface area (Å²) >= 11 is 0. The van der Waals surface area contributed by atoms with Gasteiger partial charge in [-0.05, 0) is 54.8 Å². The van der Waals surface area contributed by atoms with Gasteiger partial charge in [-0.15, -0.1) is 0 Å². The molecule has 0 aliphatic carbocycles. The van der Waals surface area contributed by atoms with Crippen molar-refractivity contribution in [2.24, 2.45) is 11.5 Å². The highest BCUT2D eigenvalue weighted by atomic mass is 16.7. The molecule has 1 amide bonds. The Balaban J connectivity index is 1.49. The fourth-order valence-corrected chi connectivity index (χ4v) is 3.31. The van der Waals surface area contributed by atoms with Gasteiger partial charge >= 0.3 is 0 Å². The average molecular weight is 380 g/mol. The lowest BCUT2D eigenvalue weighted by atomic mass is 10.0. The van der Waals surface area contributed by atoms with Crippen molar-refractivity contribution in [1.82, 2.24) is 10.3 Å². The van der Waals surface area contributed by atoms with E-state index >= 15 is 0 Å². The number of hydrogen-bond donors (Lipinski definition) is 4. The third-order valence-electron chi connectivity index (χ3n) is 4.88. The number of H-pyrrole nitrogens is 1. The van der Waals surface area contributed by atoms with Gasteiger partial charge in [-0.25, -0.2) is 0 Å². The molecule has 0 bridgehead atoms. The van der Waals surface area contributed by atoms with E-state index in [1.54, 1.807) is 0 Å². The lowest BCUT2D eigenvalue weighted by Crippen LogP contribution is -2.37. The standard InChI is InChI=1S/C21H24N4O3/c22-7-1-2-16(23)11-24-21(26)18-9-15-4-3-13(8-17(15)25-18)14-5-6-19-20(10-14)28-12-27-19/h3-6,8-10,16,25H,1-2,7,11-12,22-23H2,(H,24,26). The van der Waals surface area contributed by atoms with Crippen molar-refractivity contribution in [1.29, 1.82) is 0 Å². The maximum atomic E-state index is 12.4. The van der Waals surface area contributed by atoms with Gasteiger partial charge in [0.2, 0.25) is 6.79 Å². The fourth-order valence-electron chi connectivity index (χ4n) is 3.31. The smallest absolute Gasteiger partial charge is 0.267 e. The van der Waals surface area contributed by atoms with Crippen molar-refractivity contribution in [2.75, 3.05) is 19.9 Å². The summed E-state index contributed by atoms with van der Waals surface area (Å²) < 4.78 is 10.8. The lowest BCUT2D eigenvalue weighted by Gasteiger charge is -2.11.